The van der Waals surface area contributed by atoms with Gasteiger partial charge in [-0.05, 0) is 31.7 Å². The van der Waals surface area contributed by atoms with Crippen LogP contribution in [-0.2, 0) is 11.3 Å². The molecule has 90 valence electrons. The van der Waals surface area contributed by atoms with Crippen LogP contribution in [0.2, 0.25) is 0 Å². The van der Waals surface area contributed by atoms with Crippen molar-refractivity contribution in [2.45, 2.75) is 32.4 Å². The minimum absolute atomic E-state index is 0.175. The highest BCUT2D eigenvalue weighted by atomic mass is 16.5. The number of aryl methyl sites for hydroxylation is 1. The largest absolute Gasteiger partial charge is 0.381 e. The lowest BCUT2D eigenvalue weighted by Gasteiger charge is -2.19. The van der Waals surface area contributed by atoms with Gasteiger partial charge in [-0.2, -0.15) is 5.10 Å². The highest BCUT2D eigenvalue weighted by Crippen LogP contribution is 2.25. The van der Waals surface area contributed by atoms with Gasteiger partial charge in [-0.15, -0.1) is 0 Å². The van der Waals surface area contributed by atoms with Crippen LogP contribution in [0, 0.1) is 5.92 Å². The van der Waals surface area contributed by atoms with Crippen LogP contribution in [0.1, 0.15) is 31.5 Å². The Morgan fingerprint density at radius 2 is 2.62 bits per heavy atom. The Labute approximate surface area is 95.9 Å². The number of hydrazine groups is 1. The van der Waals surface area contributed by atoms with Crippen LogP contribution in [-0.4, -0.2) is 23.0 Å². The monoisotopic (exact) mass is 224 g/mol. The number of nitrogens with two attached hydrogens (primary N) is 1. The van der Waals surface area contributed by atoms with Gasteiger partial charge in [0.1, 0.15) is 0 Å². The predicted octanol–water partition coefficient (Wildman–Crippen LogP) is 0.834. The number of ether oxygens (including phenoxy) is 1. The molecule has 1 saturated heterocycles. The number of hydrogen-bond acceptors (Lipinski definition) is 4. The van der Waals surface area contributed by atoms with Gasteiger partial charge >= 0.3 is 0 Å². The van der Waals surface area contributed by atoms with E-state index in [0.29, 0.717) is 5.92 Å². The zero-order valence-corrected chi connectivity index (χ0v) is 9.72. The Kier molecular flexibility index (Phi) is 3.93. The van der Waals surface area contributed by atoms with Crippen LogP contribution in [0.25, 0.3) is 0 Å². The van der Waals surface area contributed by atoms with Gasteiger partial charge in [0.25, 0.3) is 0 Å². The van der Waals surface area contributed by atoms with Gasteiger partial charge in [0.05, 0.1) is 11.7 Å². The second-order valence-corrected chi connectivity index (χ2v) is 4.26. The molecule has 16 heavy (non-hydrogen) atoms. The molecule has 2 atom stereocenters. The second-order valence-electron chi connectivity index (χ2n) is 4.26. The third kappa shape index (κ3) is 2.42. The van der Waals surface area contributed by atoms with Gasteiger partial charge in [-0.1, -0.05) is 0 Å². The number of hydrogen-bond donors (Lipinski definition) is 2. The van der Waals surface area contributed by atoms with Crippen LogP contribution >= 0.6 is 0 Å². The van der Waals surface area contributed by atoms with Crippen molar-refractivity contribution in [3.8, 4) is 0 Å². The first kappa shape index (κ1) is 11.6. The summed E-state index contributed by atoms with van der Waals surface area (Å²) in [5.41, 5.74) is 4.05. The standard InChI is InChI=1S/C11H20N4O/c1-2-15-11(3-5-13-15)10(14-12)7-9-4-6-16-8-9/h3,5,9-10,14H,2,4,6-8,12H2,1H3. The molecule has 5 heteroatoms. The summed E-state index contributed by atoms with van der Waals surface area (Å²) in [7, 11) is 0. The lowest BCUT2D eigenvalue weighted by molar-refractivity contribution is 0.181. The topological polar surface area (TPSA) is 65.1 Å². The van der Waals surface area contributed by atoms with E-state index < -0.39 is 0 Å². The van der Waals surface area contributed by atoms with Crippen molar-refractivity contribution >= 4 is 0 Å². The predicted molar refractivity (Wildman–Crippen MR) is 61.5 cm³/mol. The lowest BCUT2D eigenvalue weighted by atomic mass is 9.97. The van der Waals surface area contributed by atoms with Crippen molar-refractivity contribution in [1.82, 2.24) is 15.2 Å². The summed E-state index contributed by atoms with van der Waals surface area (Å²) < 4.78 is 7.37. The average molecular weight is 224 g/mol. The molecule has 5 nitrogen and oxygen atoms in total. The first-order chi connectivity index (χ1) is 7.85. The molecule has 0 spiro atoms. The van der Waals surface area contributed by atoms with Crippen LogP contribution in [0.3, 0.4) is 0 Å². The Bertz CT molecular complexity index is 320. The molecule has 3 N–H and O–H groups in total. The maximum Gasteiger partial charge on any atom is 0.0632 e. The molecule has 1 aromatic heterocycles. The van der Waals surface area contributed by atoms with E-state index in [1.165, 1.54) is 0 Å². The van der Waals surface area contributed by atoms with E-state index in [1.54, 1.807) is 0 Å². The lowest BCUT2D eigenvalue weighted by Crippen LogP contribution is -2.31. The first-order valence-corrected chi connectivity index (χ1v) is 5.90. The van der Waals surface area contributed by atoms with E-state index >= 15 is 0 Å². The minimum Gasteiger partial charge on any atom is -0.381 e. The summed E-state index contributed by atoms with van der Waals surface area (Å²) in [6, 6.07) is 2.21. The molecule has 1 fully saturated rings. The van der Waals surface area contributed by atoms with Crippen LogP contribution < -0.4 is 11.3 Å². The molecule has 0 radical (unpaired) electrons. The van der Waals surface area contributed by atoms with Gasteiger partial charge < -0.3 is 4.74 Å². The molecule has 2 heterocycles. The maximum atomic E-state index is 5.63. The van der Waals surface area contributed by atoms with E-state index in [1.807, 2.05) is 16.9 Å². The summed E-state index contributed by atoms with van der Waals surface area (Å²) in [6.07, 6.45) is 3.98. The number of nitrogens with one attached hydrogen (secondary N) is 1. The molecule has 0 bridgehead atoms. The van der Waals surface area contributed by atoms with Crippen molar-refractivity contribution in [2.24, 2.45) is 11.8 Å². The third-order valence-electron chi connectivity index (χ3n) is 3.20. The van der Waals surface area contributed by atoms with E-state index in [-0.39, 0.29) is 6.04 Å². The normalized spacial score (nSPS) is 22.5. The minimum atomic E-state index is 0.175. The quantitative estimate of drug-likeness (QED) is 0.574. The Morgan fingerprint density at radius 3 is 3.25 bits per heavy atom. The van der Waals surface area contributed by atoms with E-state index in [2.05, 4.69) is 17.4 Å². The van der Waals surface area contributed by atoms with Crippen LogP contribution in [0.15, 0.2) is 12.3 Å². The molecule has 1 aliphatic rings. The molecular weight excluding hydrogens is 204 g/mol. The average Bonchev–Trinajstić information content (AvgIpc) is 2.96. The highest BCUT2D eigenvalue weighted by Gasteiger charge is 2.22. The fourth-order valence-electron chi connectivity index (χ4n) is 2.28. The van der Waals surface area contributed by atoms with Gasteiger partial charge in [0.15, 0.2) is 0 Å². The van der Waals surface area contributed by atoms with E-state index in [4.69, 9.17) is 10.6 Å². The maximum absolute atomic E-state index is 5.63. The number of rotatable bonds is 5. The fraction of sp³-hybridized carbons (Fsp3) is 0.727. The molecule has 1 aliphatic heterocycles. The van der Waals surface area contributed by atoms with E-state index in [0.717, 1.165) is 38.3 Å². The second kappa shape index (κ2) is 5.43. The molecule has 0 saturated carbocycles. The van der Waals surface area contributed by atoms with Crippen molar-refractivity contribution in [3.63, 3.8) is 0 Å². The molecule has 0 amide bonds. The van der Waals surface area contributed by atoms with Crippen molar-refractivity contribution in [1.29, 1.82) is 0 Å². The molecular formula is C11H20N4O. The molecule has 0 aliphatic carbocycles. The Balaban J connectivity index is 2.03. The Hall–Kier alpha value is -0.910. The molecule has 1 aromatic rings. The van der Waals surface area contributed by atoms with Gasteiger partial charge in [-0.3, -0.25) is 16.0 Å². The summed E-state index contributed by atoms with van der Waals surface area (Å²) in [6.45, 7) is 4.71. The fourth-order valence-corrected chi connectivity index (χ4v) is 2.28. The van der Waals surface area contributed by atoms with Crippen LogP contribution in [0.4, 0.5) is 0 Å². The first-order valence-electron chi connectivity index (χ1n) is 5.90. The number of nitrogens with zero attached hydrogens (tertiary/aromatic N) is 2. The Morgan fingerprint density at radius 1 is 1.75 bits per heavy atom. The zero-order valence-electron chi connectivity index (χ0n) is 9.72. The molecule has 2 rings (SSSR count). The van der Waals surface area contributed by atoms with Gasteiger partial charge in [0.2, 0.25) is 0 Å². The van der Waals surface area contributed by atoms with Crippen molar-refractivity contribution in [2.75, 3.05) is 13.2 Å². The summed E-state index contributed by atoms with van der Waals surface area (Å²) in [4.78, 5) is 0. The zero-order chi connectivity index (χ0) is 11.4. The number of aromatic nitrogens is 2. The van der Waals surface area contributed by atoms with Crippen molar-refractivity contribution in [3.05, 3.63) is 18.0 Å². The summed E-state index contributed by atoms with van der Waals surface area (Å²) >= 11 is 0. The highest BCUT2D eigenvalue weighted by molar-refractivity contribution is 5.07. The summed E-state index contributed by atoms with van der Waals surface area (Å²) in [5.74, 6) is 6.25. The smallest absolute Gasteiger partial charge is 0.0632 e. The SMILES string of the molecule is CCn1nccc1C(CC1CCOC1)NN. The van der Waals surface area contributed by atoms with E-state index in [9.17, 15) is 0 Å². The summed E-state index contributed by atoms with van der Waals surface area (Å²) in [5, 5.41) is 4.27. The molecule has 0 aromatic carbocycles. The van der Waals surface area contributed by atoms with Crippen LogP contribution in [0.5, 0.6) is 0 Å². The van der Waals surface area contributed by atoms with Crippen molar-refractivity contribution < 1.29 is 4.74 Å². The van der Waals surface area contributed by atoms with Gasteiger partial charge in [-0.25, -0.2) is 0 Å². The van der Waals surface area contributed by atoms with Gasteiger partial charge in [0, 0.05) is 26.0 Å². The third-order valence-corrected chi connectivity index (χ3v) is 3.20. The molecule has 2 unspecified atom stereocenters.